The molecule has 6 nitrogen and oxygen atoms in total. The van der Waals surface area contributed by atoms with E-state index in [1.54, 1.807) is 31.2 Å². The first kappa shape index (κ1) is 12.8. The lowest BCUT2D eigenvalue weighted by atomic mass is 10.1. The quantitative estimate of drug-likeness (QED) is 0.629. The number of rotatable bonds is 3. The van der Waals surface area contributed by atoms with E-state index in [9.17, 15) is 4.79 Å². The van der Waals surface area contributed by atoms with Crippen molar-refractivity contribution in [2.75, 3.05) is 13.2 Å². The van der Waals surface area contributed by atoms with Gasteiger partial charge in [0.15, 0.2) is 0 Å². The minimum Gasteiger partial charge on any atom is -0.426 e. The van der Waals surface area contributed by atoms with E-state index < -0.39 is 0 Å². The van der Waals surface area contributed by atoms with Gasteiger partial charge in [-0.05, 0) is 30.7 Å². The molecule has 0 aliphatic carbocycles. The number of carbonyl (C=O) groups excluding carboxylic acids is 1. The number of hydrogen-bond acceptors (Lipinski definition) is 6. The maximum atomic E-state index is 11.8. The van der Waals surface area contributed by atoms with E-state index >= 15 is 0 Å². The first-order valence-corrected chi connectivity index (χ1v) is 6.42. The molecule has 0 unspecified atom stereocenters. The smallest absolute Gasteiger partial charge is 0.316 e. The summed E-state index contributed by atoms with van der Waals surface area (Å²) >= 11 is 0. The Morgan fingerprint density at radius 3 is 2.75 bits per heavy atom. The molecule has 2 heterocycles. The Hall–Kier alpha value is -2.21. The van der Waals surface area contributed by atoms with Crippen LogP contribution in [-0.2, 0) is 9.53 Å². The molecule has 0 N–H and O–H groups in total. The molecule has 2 aromatic rings. The molecule has 0 bridgehead atoms. The fourth-order valence-corrected chi connectivity index (χ4v) is 2.01. The Morgan fingerprint density at radius 1 is 1.35 bits per heavy atom. The topological polar surface area (TPSA) is 74.5 Å². The highest BCUT2D eigenvalue weighted by molar-refractivity contribution is 5.75. The fourth-order valence-electron chi connectivity index (χ4n) is 2.01. The van der Waals surface area contributed by atoms with Crippen LogP contribution in [0.4, 0.5) is 0 Å². The number of aromatic nitrogens is 2. The van der Waals surface area contributed by atoms with Crippen LogP contribution in [0.25, 0.3) is 11.4 Å². The molecule has 20 heavy (non-hydrogen) atoms. The number of aryl methyl sites for hydroxylation is 1. The summed E-state index contributed by atoms with van der Waals surface area (Å²) in [7, 11) is 0. The Balaban J connectivity index is 1.68. The fraction of sp³-hybridized carbons (Fsp3) is 0.357. The van der Waals surface area contributed by atoms with Crippen LogP contribution >= 0.6 is 0 Å². The summed E-state index contributed by atoms with van der Waals surface area (Å²) in [4.78, 5) is 16.0. The summed E-state index contributed by atoms with van der Waals surface area (Å²) in [6.07, 6.45) is 0.721. The molecule has 0 saturated carbocycles. The molecule has 104 valence electrons. The van der Waals surface area contributed by atoms with Gasteiger partial charge < -0.3 is 14.0 Å². The molecule has 0 radical (unpaired) electrons. The summed E-state index contributed by atoms with van der Waals surface area (Å²) in [6.45, 7) is 2.80. The van der Waals surface area contributed by atoms with E-state index in [4.69, 9.17) is 14.0 Å². The number of nitrogens with zero attached hydrogens (tertiary/aromatic N) is 2. The maximum Gasteiger partial charge on any atom is 0.316 e. The van der Waals surface area contributed by atoms with Crippen molar-refractivity contribution in [2.45, 2.75) is 13.3 Å². The maximum absolute atomic E-state index is 11.8. The minimum absolute atomic E-state index is 0.158. The molecule has 6 heteroatoms. The Bertz CT molecular complexity index is 600. The lowest BCUT2D eigenvalue weighted by molar-refractivity contribution is -0.138. The van der Waals surface area contributed by atoms with Gasteiger partial charge in [0.05, 0.1) is 12.5 Å². The van der Waals surface area contributed by atoms with Crippen molar-refractivity contribution in [3.05, 3.63) is 30.2 Å². The van der Waals surface area contributed by atoms with Crippen LogP contribution in [0.2, 0.25) is 0 Å². The van der Waals surface area contributed by atoms with Gasteiger partial charge in [-0.3, -0.25) is 4.79 Å². The number of benzene rings is 1. The molecular formula is C14H14N2O4. The van der Waals surface area contributed by atoms with Gasteiger partial charge >= 0.3 is 5.97 Å². The average molecular weight is 274 g/mol. The van der Waals surface area contributed by atoms with Gasteiger partial charge in [-0.15, -0.1) is 0 Å². The van der Waals surface area contributed by atoms with E-state index in [1.807, 2.05) is 0 Å². The largest absolute Gasteiger partial charge is 0.426 e. The second-order valence-corrected chi connectivity index (χ2v) is 4.64. The molecule has 1 aliphatic rings. The molecule has 1 aromatic carbocycles. The summed E-state index contributed by atoms with van der Waals surface area (Å²) in [5.74, 6) is 1.13. The molecule has 1 fully saturated rings. The standard InChI is InChI=1S/C14H14N2O4/c1-9-15-13(16-20-9)10-2-4-12(5-3-10)19-14(17)11-6-7-18-8-11/h2-5,11H,6-8H2,1H3/t11-/m0/s1. The summed E-state index contributed by atoms with van der Waals surface area (Å²) in [5.41, 5.74) is 0.811. The lowest BCUT2D eigenvalue weighted by Crippen LogP contribution is -2.20. The van der Waals surface area contributed by atoms with Crippen LogP contribution in [0.15, 0.2) is 28.8 Å². The molecular weight excluding hydrogens is 260 g/mol. The van der Waals surface area contributed by atoms with Crippen molar-refractivity contribution in [1.29, 1.82) is 0 Å². The SMILES string of the molecule is Cc1nc(-c2ccc(OC(=O)[C@H]3CCOC3)cc2)no1. The van der Waals surface area contributed by atoms with Gasteiger partial charge in [-0.25, -0.2) is 0 Å². The Labute approximate surface area is 115 Å². The van der Waals surface area contributed by atoms with E-state index in [-0.39, 0.29) is 11.9 Å². The van der Waals surface area contributed by atoms with Crippen molar-refractivity contribution < 1.29 is 18.8 Å². The minimum atomic E-state index is -0.245. The molecule has 1 atom stereocenters. The zero-order chi connectivity index (χ0) is 13.9. The number of ether oxygens (including phenoxy) is 2. The van der Waals surface area contributed by atoms with Gasteiger partial charge in [0.1, 0.15) is 5.75 Å². The van der Waals surface area contributed by atoms with Gasteiger partial charge in [0, 0.05) is 19.1 Å². The number of hydrogen-bond donors (Lipinski definition) is 0. The van der Waals surface area contributed by atoms with E-state index in [0.29, 0.717) is 30.7 Å². The molecule has 0 amide bonds. The van der Waals surface area contributed by atoms with Gasteiger partial charge in [0.2, 0.25) is 11.7 Å². The average Bonchev–Trinajstić information content (AvgIpc) is 3.10. The highest BCUT2D eigenvalue weighted by Crippen LogP contribution is 2.22. The third kappa shape index (κ3) is 2.70. The van der Waals surface area contributed by atoms with Crippen molar-refractivity contribution >= 4 is 5.97 Å². The zero-order valence-corrected chi connectivity index (χ0v) is 11.0. The third-order valence-electron chi connectivity index (χ3n) is 3.12. The highest BCUT2D eigenvalue weighted by Gasteiger charge is 2.25. The Kier molecular flexibility index (Phi) is 3.47. The second kappa shape index (κ2) is 5.42. The predicted molar refractivity (Wildman–Crippen MR) is 69.0 cm³/mol. The summed E-state index contributed by atoms with van der Waals surface area (Å²) in [5, 5.41) is 3.83. The first-order chi connectivity index (χ1) is 9.72. The van der Waals surface area contributed by atoms with Crippen molar-refractivity contribution in [1.82, 2.24) is 10.1 Å². The van der Waals surface area contributed by atoms with Crippen LogP contribution < -0.4 is 4.74 Å². The van der Waals surface area contributed by atoms with E-state index in [0.717, 1.165) is 12.0 Å². The highest BCUT2D eigenvalue weighted by atomic mass is 16.5. The monoisotopic (exact) mass is 274 g/mol. The van der Waals surface area contributed by atoms with Crippen LogP contribution in [0.1, 0.15) is 12.3 Å². The van der Waals surface area contributed by atoms with Crippen LogP contribution in [-0.4, -0.2) is 29.3 Å². The van der Waals surface area contributed by atoms with E-state index in [1.165, 1.54) is 0 Å². The van der Waals surface area contributed by atoms with Crippen molar-refractivity contribution in [2.24, 2.45) is 5.92 Å². The normalized spacial score (nSPS) is 18.1. The molecule has 1 aliphatic heterocycles. The Morgan fingerprint density at radius 2 is 2.15 bits per heavy atom. The number of esters is 1. The zero-order valence-electron chi connectivity index (χ0n) is 11.0. The summed E-state index contributed by atoms with van der Waals surface area (Å²) in [6, 6.07) is 7.01. The molecule has 0 spiro atoms. The molecule has 1 saturated heterocycles. The van der Waals surface area contributed by atoms with Crippen molar-refractivity contribution in [3.8, 4) is 17.1 Å². The first-order valence-electron chi connectivity index (χ1n) is 6.42. The van der Waals surface area contributed by atoms with Gasteiger partial charge in [-0.1, -0.05) is 5.16 Å². The molecule has 3 rings (SSSR count). The van der Waals surface area contributed by atoms with Crippen molar-refractivity contribution in [3.63, 3.8) is 0 Å². The molecule has 1 aromatic heterocycles. The lowest BCUT2D eigenvalue weighted by Gasteiger charge is -2.08. The predicted octanol–water partition coefficient (Wildman–Crippen LogP) is 1.99. The van der Waals surface area contributed by atoms with Gasteiger partial charge in [-0.2, -0.15) is 4.98 Å². The third-order valence-corrected chi connectivity index (χ3v) is 3.12. The van der Waals surface area contributed by atoms with Crippen LogP contribution in [0, 0.1) is 12.8 Å². The van der Waals surface area contributed by atoms with Crippen LogP contribution in [0.5, 0.6) is 5.75 Å². The van der Waals surface area contributed by atoms with Crippen LogP contribution in [0.3, 0.4) is 0 Å². The number of carbonyl (C=O) groups is 1. The second-order valence-electron chi connectivity index (χ2n) is 4.64. The van der Waals surface area contributed by atoms with E-state index in [2.05, 4.69) is 10.1 Å². The van der Waals surface area contributed by atoms with Gasteiger partial charge in [0.25, 0.3) is 0 Å². The summed E-state index contributed by atoms with van der Waals surface area (Å²) < 4.78 is 15.4.